The van der Waals surface area contributed by atoms with Crippen molar-refractivity contribution in [3.63, 3.8) is 0 Å². The first-order valence-electron chi connectivity index (χ1n) is 11.6. The third-order valence-electron chi connectivity index (χ3n) is 7.37. The van der Waals surface area contributed by atoms with Crippen molar-refractivity contribution in [1.29, 1.82) is 0 Å². The Morgan fingerprint density at radius 3 is 2.58 bits per heavy atom. The van der Waals surface area contributed by atoms with Gasteiger partial charge in [-0.1, -0.05) is 12.1 Å². The molecule has 1 aromatic rings. The van der Waals surface area contributed by atoms with Crippen molar-refractivity contribution in [2.75, 3.05) is 19.8 Å². The summed E-state index contributed by atoms with van der Waals surface area (Å²) in [5, 5.41) is -0.272. The molecule has 2 atom stereocenters. The van der Waals surface area contributed by atoms with Gasteiger partial charge >= 0.3 is 0 Å². The van der Waals surface area contributed by atoms with Gasteiger partial charge in [0.05, 0.1) is 24.0 Å². The summed E-state index contributed by atoms with van der Waals surface area (Å²) in [6.45, 7) is 2.95. The zero-order valence-electron chi connectivity index (χ0n) is 18.1. The van der Waals surface area contributed by atoms with Gasteiger partial charge < -0.3 is 14.4 Å². The fourth-order valence-corrected chi connectivity index (χ4v) is 7.12. The lowest BCUT2D eigenvalue weighted by molar-refractivity contribution is -0.136. The Morgan fingerprint density at radius 2 is 1.84 bits per heavy atom. The van der Waals surface area contributed by atoms with Gasteiger partial charge in [0.15, 0.2) is 6.61 Å². The van der Waals surface area contributed by atoms with Crippen molar-refractivity contribution < 1.29 is 22.7 Å². The van der Waals surface area contributed by atoms with Gasteiger partial charge in [-0.25, -0.2) is 13.1 Å². The minimum atomic E-state index is -3.33. The normalized spacial score (nSPS) is 31.8. The topological polar surface area (TPSA) is 84.9 Å². The van der Waals surface area contributed by atoms with Gasteiger partial charge in [-0.3, -0.25) is 4.79 Å². The summed E-state index contributed by atoms with van der Waals surface area (Å²) < 4.78 is 40.3. The number of amides is 1. The van der Waals surface area contributed by atoms with Crippen LogP contribution in [0.3, 0.4) is 0 Å². The van der Waals surface area contributed by atoms with Gasteiger partial charge in [-0.15, -0.1) is 0 Å². The number of nitrogens with one attached hydrogen (secondary N) is 1. The van der Waals surface area contributed by atoms with Crippen molar-refractivity contribution in [2.45, 2.75) is 81.2 Å². The molecule has 3 aliphatic heterocycles. The lowest BCUT2D eigenvalue weighted by atomic mass is 9.80. The average Bonchev–Trinajstić information content (AvgIpc) is 3.54. The highest BCUT2D eigenvalue weighted by molar-refractivity contribution is 7.90. The summed E-state index contributed by atoms with van der Waals surface area (Å²) in [6.07, 6.45) is 6.22. The largest absolute Gasteiger partial charge is 0.483 e. The maximum absolute atomic E-state index is 13.1. The Morgan fingerprint density at radius 1 is 1.06 bits per heavy atom. The summed E-state index contributed by atoms with van der Waals surface area (Å²) in [5.41, 5.74) is 2.43. The maximum Gasteiger partial charge on any atom is 0.260 e. The molecule has 0 radical (unpaired) electrons. The molecule has 2 unspecified atom stereocenters. The minimum absolute atomic E-state index is 0.0365. The van der Waals surface area contributed by atoms with E-state index in [4.69, 9.17) is 9.47 Å². The Bertz CT molecular complexity index is 937. The molecule has 7 nitrogen and oxygen atoms in total. The number of hydrogen-bond acceptors (Lipinski definition) is 5. The van der Waals surface area contributed by atoms with Gasteiger partial charge in [0, 0.05) is 18.2 Å². The van der Waals surface area contributed by atoms with Gasteiger partial charge in [0.2, 0.25) is 10.0 Å². The van der Waals surface area contributed by atoms with Crippen molar-refractivity contribution in [3.8, 4) is 5.75 Å². The van der Waals surface area contributed by atoms with Gasteiger partial charge in [0.25, 0.3) is 5.91 Å². The van der Waals surface area contributed by atoms with E-state index in [0.717, 1.165) is 44.3 Å². The van der Waals surface area contributed by atoms with Crippen LogP contribution in [0, 0.1) is 6.92 Å². The van der Waals surface area contributed by atoms with E-state index in [1.807, 2.05) is 12.1 Å². The van der Waals surface area contributed by atoms with Gasteiger partial charge in [-0.05, 0) is 69.4 Å². The first kappa shape index (κ1) is 21.2. The third kappa shape index (κ3) is 4.34. The zero-order chi connectivity index (χ0) is 21.6. The molecular weight excluding hydrogens is 416 g/mol. The maximum atomic E-state index is 13.1. The second-order valence-corrected chi connectivity index (χ2v) is 11.5. The highest BCUT2D eigenvalue weighted by Gasteiger charge is 2.44. The van der Waals surface area contributed by atoms with Crippen LogP contribution in [0.4, 0.5) is 0 Å². The predicted molar refractivity (Wildman–Crippen MR) is 117 cm³/mol. The van der Waals surface area contributed by atoms with Crippen LogP contribution >= 0.6 is 0 Å². The number of hydrogen-bond donors (Lipinski definition) is 1. The van der Waals surface area contributed by atoms with Crippen molar-refractivity contribution in [3.05, 3.63) is 29.3 Å². The molecule has 0 aromatic heterocycles. The first-order valence-corrected chi connectivity index (χ1v) is 13.1. The molecule has 2 aliphatic carbocycles. The van der Waals surface area contributed by atoms with Crippen LogP contribution in [0.5, 0.6) is 5.75 Å². The van der Waals surface area contributed by atoms with E-state index in [0.29, 0.717) is 25.5 Å². The standard InChI is InChI=1S/C23H32N2O5S/c1-15-3-2-4-21-23(15)16-5-7-17(8-6-16)29-13-20-19(24-31(27,28)18-9-10-18)11-12-25(20)22(26)14-30-21/h2-4,16-20,24H,5-14H2,1H3/t16-,17+,19?,20?. The number of nitrogens with zero attached hydrogens (tertiary/aromatic N) is 1. The molecule has 0 spiro atoms. The van der Waals surface area contributed by atoms with Crippen LogP contribution in [0.25, 0.3) is 0 Å². The van der Waals surface area contributed by atoms with Crippen LogP contribution in [-0.2, 0) is 19.6 Å². The van der Waals surface area contributed by atoms with E-state index in [-0.39, 0.29) is 36.0 Å². The van der Waals surface area contributed by atoms with E-state index in [2.05, 4.69) is 17.7 Å². The number of aryl methyl sites for hydroxylation is 1. The third-order valence-corrected chi connectivity index (χ3v) is 9.35. The van der Waals surface area contributed by atoms with Crippen LogP contribution in [0.2, 0.25) is 0 Å². The van der Waals surface area contributed by atoms with Gasteiger partial charge in [-0.2, -0.15) is 0 Å². The molecule has 170 valence electrons. The Hall–Kier alpha value is -1.64. The molecule has 31 heavy (non-hydrogen) atoms. The summed E-state index contributed by atoms with van der Waals surface area (Å²) in [6, 6.07) is 5.46. The first-order chi connectivity index (χ1) is 14.9. The quantitative estimate of drug-likeness (QED) is 0.768. The minimum Gasteiger partial charge on any atom is -0.483 e. The number of fused-ring (bicyclic) bond motifs is 5. The van der Waals surface area contributed by atoms with Crippen LogP contribution < -0.4 is 9.46 Å². The van der Waals surface area contributed by atoms with Crippen LogP contribution in [0.15, 0.2) is 18.2 Å². The molecule has 3 heterocycles. The smallest absolute Gasteiger partial charge is 0.260 e. The molecule has 1 amide bonds. The van der Waals surface area contributed by atoms with E-state index in [1.165, 1.54) is 11.1 Å². The molecule has 8 heteroatoms. The lowest BCUT2D eigenvalue weighted by Crippen LogP contribution is -2.51. The zero-order valence-corrected chi connectivity index (χ0v) is 18.9. The van der Waals surface area contributed by atoms with E-state index < -0.39 is 10.0 Å². The molecule has 2 bridgehead atoms. The molecule has 1 aromatic carbocycles. The number of rotatable bonds is 3. The highest BCUT2D eigenvalue weighted by Crippen LogP contribution is 2.40. The van der Waals surface area contributed by atoms with Gasteiger partial charge in [0.1, 0.15) is 5.75 Å². The Labute approximate surface area is 184 Å². The second kappa shape index (κ2) is 8.37. The SMILES string of the molecule is Cc1cccc2c1[C@H]1CC[C@H](CC1)OCC1C(NS(=O)(=O)C3CC3)CCN1C(=O)CO2. The Kier molecular flexibility index (Phi) is 5.73. The monoisotopic (exact) mass is 448 g/mol. The fraction of sp³-hybridized carbons (Fsp3) is 0.696. The molecule has 1 saturated heterocycles. The highest BCUT2D eigenvalue weighted by atomic mass is 32.2. The van der Waals surface area contributed by atoms with Crippen LogP contribution in [0.1, 0.15) is 62.0 Å². The van der Waals surface area contributed by atoms with E-state index in [1.54, 1.807) is 4.90 Å². The number of carbonyl (C=O) groups is 1. The Balaban J connectivity index is 1.40. The predicted octanol–water partition coefficient (Wildman–Crippen LogP) is 2.48. The van der Waals surface area contributed by atoms with Crippen molar-refractivity contribution >= 4 is 15.9 Å². The van der Waals surface area contributed by atoms with E-state index >= 15 is 0 Å². The lowest BCUT2D eigenvalue weighted by Gasteiger charge is -2.32. The number of sulfonamides is 1. The second-order valence-electron chi connectivity index (χ2n) is 9.49. The molecule has 2 saturated carbocycles. The number of benzene rings is 1. The van der Waals surface area contributed by atoms with E-state index in [9.17, 15) is 13.2 Å². The molecule has 3 fully saturated rings. The number of ether oxygens (including phenoxy) is 2. The summed E-state index contributed by atoms with van der Waals surface area (Å²) >= 11 is 0. The molecular formula is C23H32N2O5S. The van der Waals surface area contributed by atoms with Crippen LogP contribution in [-0.4, -0.2) is 62.4 Å². The summed E-state index contributed by atoms with van der Waals surface area (Å²) in [4.78, 5) is 14.9. The average molecular weight is 449 g/mol. The number of carbonyl (C=O) groups excluding carboxylic acids is 1. The van der Waals surface area contributed by atoms with Crippen molar-refractivity contribution in [1.82, 2.24) is 9.62 Å². The fourth-order valence-electron chi connectivity index (χ4n) is 5.47. The summed E-state index contributed by atoms with van der Waals surface area (Å²) in [7, 11) is -3.33. The summed E-state index contributed by atoms with van der Waals surface area (Å²) in [5.74, 6) is 1.12. The van der Waals surface area contributed by atoms with Crippen molar-refractivity contribution in [2.24, 2.45) is 0 Å². The molecule has 1 N–H and O–H groups in total. The molecule has 5 aliphatic rings. The molecule has 6 rings (SSSR count).